The fourth-order valence-electron chi connectivity index (χ4n) is 2.62. The summed E-state index contributed by atoms with van der Waals surface area (Å²) in [4.78, 5) is 12.1. The van der Waals surface area contributed by atoms with E-state index in [-0.39, 0.29) is 12.0 Å². The van der Waals surface area contributed by atoms with Crippen molar-refractivity contribution in [1.82, 2.24) is 5.32 Å². The lowest BCUT2D eigenvalue weighted by atomic mass is 9.87. The van der Waals surface area contributed by atoms with Gasteiger partial charge in [0.2, 0.25) is 0 Å². The number of carbonyl (C=O) groups excluding carboxylic acids is 1. The second-order valence-electron chi connectivity index (χ2n) is 7.32. The van der Waals surface area contributed by atoms with Gasteiger partial charge >= 0.3 is 6.09 Å². The van der Waals surface area contributed by atoms with Crippen molar-refractivity contribution in [2.75, 3.05) is 0 Å². The highest BCUT2D eigenvalue weighted by Crippen LogP contribution is 2.28. The molecule has 0 unspecified atom stereocenters. The summed E-state index contributed by atoms with van der Waals surface area (Å²) in [6.07, 6.45) is 0.288. The van der Waals surface area contributed by atoms with E-state index in [0.717, 1.165) is 12.0 Å². The van der Waals surface area contributed by atoms with Crippen molar-refractivity contribution >= 4 is 15.1 Å². The minimum Gasteiger partial charge on any atom is -0.445 e. The van der Waals surface area contributed by atoms with Crippen LogP contribution < -0.4 is 5.32 Å². The Balaban J connectivity index is 2.62. The fourth-order valence-corrected chi connectivity index (χ4v) is 3.81. The number of benzene rings is 1. The van der Waals surface area contributed by atoms with Crippen molar-refractivity contribution in [3.8, 4) is 0 Å². The van der Waals surface area contributed by atoms with Gasteiger partial charge in [-0.05, 0) is 37.4 Å². The van der Waals surface area contributed by atoms with E-state index in [4.69, 9.17) is 9.16 Å². The van der Waals surface area contributed by atoms with Gasteiger partial charge in [-0.25, -0.2) is 4.79 Å². The van der Waals surface area contributed by atoms with E-state index in [9.17, 15) is 4.79 Å². The molecule has 0 radical (unpaired) electrons. The largest absolute Gasteiger partial charge is 0.445 e. The van der Waals surface area contributed by atoms with Gasteiger partial charge in [0.1, 0.15) is 12.3 Å². The molecule has 0 aliphatic rings. The average Bonchev–Trinajstić information content (AvgIpc) is 2.33. The molecule has 0 spiro atoms. The summed E-state index contributed by atoms with van der Waals surface area (Å²) in [6, 6.07) is 9.64. The molecule has 0 saturated carbocycles. The Morgan fingerprint density at radius 1 is 1.14 bits per heavy atom. The highest BCUT2D eigenvalue weighted by atomic mass is 28.3. The first-order valence-electron chi connectivity index (χ1n) is 7.76. The standard InChI is InChI=1S/C17H29NO3Si/c1-16(2,3)13-17(4,21-22(5)6)18-15(19)20-12-14-10-8-7-9-11-14/h7-11,22H,12-13H2,1-6H3,(H,18,19)/t17-/m1/s1. The second-order valence-corrected chi connectivity index (χ2v) is 9.65. The summed E-state index contributed by atoms with van der Waals surface area (Å²) in [5.41, 5.74) is 0.325. The van der Waals surface area contributed by atoms with Crippen LogP contribution in [0.3, 0.4) is 0 Å². The summed E-state index contributed by atoms with van der Waals surface area (Å²) in [7, 11) is -1.29. The van der Waals surface area contributed by atoms with Crippen LogP contribution in [-0.2, 0) is 15.8 Å². The maximum absolute atomic E-state index is 12.1. The molecule has 22 heavy (non-hydrogen) atoms. The molecule has 0 aliphatic heterocycles. The molecule has 0 aromatic heterocycles. The number of alkyl carbamates (subject to hydrolysis) is 1. The van der Waals surface area contributed by atoms with Gasteiger partial charge in [0.15, 0.2) is 9.04 Å². The Labute approximate surface area is 135 Å². The number of ether oxygens (including phenoxy) is 1. The number of hydrogen-bond acceptors (Lipinski definition) is 3. The van der Waals surface area contributed by atoms with Crippen LogP contribution in [0.25, 0.3) is 0 Å². The smallest absolute Gasteiger partial charge is 0.409 e. The topological polar surface area (TPSA) is 47.6 Å². The molecule has 1 atom stereocenters. The molecule has 124 valence electrons. The van der Waals surface area contributed by atoms with Gasteiger partial charge in [-0.2, -0.15) is 0 Å². The molecule has 1 N–H and O–H groups in total. The van der Waals surface area contributed by atoms with Gasteiger partial charge in [0.25, 0.3) is 0 Å². The van der Waals surface area contributed by atoms with Crippen LogP contribution in [-0.4, -0.2) is 20.9 Å². The Morgan fingerprint density at radius 3 is 2.23 bits per heavy atom. The normalized spacial score (nSPS) is 14.5. The Kier molecular flexibility index (Phi) is 6.62. The SMILES string of the molecule is C[SiH](C)O[C@](C)(CC(C)(C)C)NC(=O)OCc1ccccc1. The fraction of sp³-hybridized carbons (Fsp3) is 0.588. The molecular weight excluding hydrogens is 294 g/mol. The van der Waals surface area contributed by atoms with Gasteiger partial charge in [-0.1, -0.05) is 51.1 Å². The van der Waals surface area contributed by atoms with E-state index < -0.39 is 20.9 Å². The molecule has 0 saturated heterocycles. The lowest BCUT2D eigenvalue weighted by Crippen LogP contribution is -2.52. The lowest BCUT2D eigenvalue weighted by molar-refractivity contribution is 0.00784. The zero-order valence-corrected chi connectivity index (χ0v) is 15.8. The van der Waals surface area contributed by atoms with Crippen molar-refractivity contribution in [1.29, 1.82) is 0 Å². The number of rotatable bonds is 6. The van der Waals surface area contributed by atoms with Crippen LogP contribution in [0.1, 0.15) is 39.7 Å². The summed E-state index contributed by atoms with van der Waals surface area (Å²) in [6.45, 7) is 12.8. The molecule has 0 bridgehead atoms. The first kappa shape index (κ1) is 18.7. The van der Waals surface area contributed by atoms with Crippen LogP contribution in [0.2, 0.25) is 13.1 Å². The van der Waals surface area contributed by atoms with E-state index in [1.165, 1.54) is 0 Å². The van der Waals surface area contributed by atoms with E-state index >= 15 is 0 Å². The number of hydrogen-bond donors (Lipinski definition) is 1. The summed E-state index contributed by atoms with van der Waals surface area (Å²) in [5, 5.41) is 2.90. The predicted molar refractivity (Wildman–Crippen MR) is 92.2 cm³/mol. The van der Waals surface area contributed by atoms with Crippen molar-refractivity contribution in [2.45, 2.75) is 59.5 Å². The minimum absolute atomic E-state index is 0.0464. The highest BCUT2D eigenvalue weighted by Gasteiger charge is 2.33. The molecule has 1 rings (SSSR count). The van der Waals surface area contributed by atoms with Crippen molar-refractivity contribution in [3.05, 3.63) is 35.9 Å². The first-order valence-corrected chi connectivity index (χ1v) is 10.5. The molecular formula is C17H29NO3Si. The van der Waals surface area contributed by atoms with E-state index in [0.29, 0.717) is 0 Å². The van der Waals surface area contributed by atoms with Crippen LogP contribution in [0.4, 0.5) is 4.79 Å². The van der Waals surface area contributed by atoms with E-state index in [1.807, 2.05) is 37.3 Å². The first-order chi connectivity index (χ1) is 10.1. The average molecular weight is 324 g/mol. The summed E-state index contributed by atoms with van der Waals surface area (Å²) >= 11 is 0. The molecule has 4 nitrogen and oxygen atoms in total. The third kappa shape index (κ3) is 7.61. The predicted octanol–water partition coefficient (Wildman–Crippen LogP) is 4.07. The van der Waals surface area contributed by atoms with Crippen LogP contribution in [0, 0.1) is 5.41 Å². The van der Waals surface area contributed by atoms with E-state index in [1.54, 1.807) is 0 Å². The van der Waals surface area contributed by atoms with Crippen molar-refractivity contribution in [2.24, 2.45) is 5.41 Å². The lowest BCUT2D eigenvalue weighted by Gasteiger charge is -2.37. The van der Waals surface area contributed by atoms with Crippen LogP contribution >= 0.6 is 0 Å². The van der Waals surface area contributed by atoms with Crippen LogP contribution in [0.5, 0.6) is 0 Å². The Hall–Kier alpha value is -1.33. The van der Waals surface area contributed by atoms with Gasteiger partial charge in [0, 0.05) is 0 Å². The number of carbonyl (C=O) groups is 1. The molecule has 0 heterocycles. The van der Waals surface area contributed by atoms with Crippen LogP contribution in [0.15, 0.2) is 30.3 Å². The maximum Gasteiger partial charge on any atom is 0.409 e. The van der Waals surface area contributed by atoms with Crippen molar-refractivity contribution < 1.29 is 14.0 Å². The third-order valence-corrected chi connectivity index (χ3v) is 3.93. The zero-order valence-electron chi connectivity index (χ0n) is 14.6. The summed E-state index contributed by atoms with van der Waals surface area (Å²) in [5.74, 6) is 0. The molecule has 5 heteroatoms. The van der Waals surface area contributed by atoms with Gasteiger partial charge < -0.3 is 9.16 Å². The Morgan fingerprint density at radius 2 is 1.73 bits per heavy atom. The zero-order chi connectivity index (χ0) is 16.8. The maximum atomic E-state index is 12.1. The van der Waals surface area contributed by atoms with Gasteiger partial charge in [-0.15, -0.1) is 0 Å². The molecule has 0 fully saturated rings. The monoisotopic (exact) mass is 323 g/mol. The molecule has 1 amide bonds. The van der Waals surface area contributed by atoms with E-state index in [2.05, 4.69) is 39.2 Å². The summed E-state index contributed by atoms with van der Waals surface area (Å²) < 4.78 is 11.4. The molecule has 0 aliphatic carbocycles. The third-order valence-electron chi connectivity index (χ3n) is 2.94. The molecule has 1 aromatic carbocycles. The highest BCUT2D eigenvalue weighted by molar-refractivity contribution is 6.48. The molecule has 1 aromatic rings. The minimum atomic E-state index is -1.29. The van der Waals surface area contributed by atoms with Gasteiger partial charge in [0.05, 0.1) is 0 Å². The number of nitrogens with one attached hydrogen (secondary N) is 1. The number of amides is 1. The second kappa shape index (κ2) is 7.79. The quantitative estimate of drug-likeness (QED) is 0.634. The van der Waals surface area contributed by atoms with Gasteiger partial charge in [-0.3, -0.25) is 5.32 Å². The Bertz CT molecular complexity index is 471. The van der Waals surface area contributed by atoms with Crippen molar-refractivity contribution in [3.63, 3.8) is 0 Å².